The van der Waals surface area contributed by atoms with E-state index in [1.165, 1.54) is 11.6 Å². The third kappa shape index (κ3) is 4.27. The second kappa shape index (κ2) is 8.92. The number of anilines is 2. The molecule has 3 aromatic carbocycles. The van der Waals surface area contributed by atoms with E-state index in [1.54, 1.807) is 17.0 Å². The number of likely N-dealkylation sites (tertiary alicyclic amines) is 1. The molecule has 0 bridgehead atoms. The van der Waals surface area contributed by atoms with E-state index in [9.17, 15) is 9.18 Å². The van der Waals surface area contributed by atoms with E-state index in [2.05, 4.69) is 16.3 Å². The van der Waals surface area contributed by atoms with Crippen LogP contribution in [0.4, 0.5) is 20.6 Å². The number of nitrogens with one attached hydrogen (secondary N) is 1. The summed E-state index contributed by atoms with van der Waals surface area (Å²) in [5.74, 6) is -0.265. The molecule has 1 saturated heterocycles. The zero-order chi connectivity index (χ0) is 23.7. The lowest BCUT2D eigenvalue weighted by Crippen LogP contribution is -2.46. The molecule has 0 aromatic heterocycles. The fraction of sp³-hybridized carbons (Fsp3) is 0.286. The normalized spacial score (nSPS) is 16.8. The van der Waals surface area contributed by atoms with Gasteiger partial charge in [0.1, 0.15) is 5.82 Å². The van der Waals surface area contributed by atoms with Crippen molar-refractivity contribution in [1.82, 2.24) is 4.90 Å². The predicted octanol–water partition coefficient (Wildman–Crippen LogP) is 5.59. The van der Waals surface area contributed by atoms with Gasteiger partial charge >= 0.3 is 6.03 Å². The number of urea groups is 1. The average molecular weight is 455 g/mol. The van der Waals surface area contributed by atoms with E-state index in [0.29, 0.717) is 12.1 Å². The molecule has 2 heterocycles. The van der Waals surface area contributed by atoms with Crippen molar-refractivity contribution < 1.29 is 9.18 Å². The standard InChI is InChI=1S/C28H27FN4O/c1-20-2-9-24(10-3-20)31-27(34)33-19-28(25-16-23(29)8-11-26(25)33)12-14-32(15-13-28)18-22-6-4-21(17-30)5-7-22/h2-11,16H,12-15,18-19H2,1H3,(H,31,34). The highest BCUT2D eigenvalue weighted by molar-refractivity contribution is 6.03. The quantitative estimate of drug-likeness (QED) is 0.561. The molecular weight excluding hydrogens is 427 g/mol. The summed E-state index contributed by atoms with van der Waals surface area (Å²) in [7, 11) is 0. The van der Waals surface area contributed by atoms with Crippen molar-refractivity contribution >= 4 is 17.4 Å². The molecule has 172 valence electrons. The minimum Gasteiger partial charge on any atom is -0.308 e. The summed E-state index contributed by atoms with van der Waals surface area (Å²) in [6.45, 7) is 5.10. The molecule has 2 aliphatic rings. The molecule has 3 aromatic rings. The molecule has 2 aliphatic heterocycles. The Hall–Kier alpha value is -3.69. The van der Waals surface area contributed by atoms with Crippen LogP contribution >= 0.6 is 0 Å². The van der Waals surface area contributed by atoms with Crippen LogP contribution in [0, 0.1) is 24.1 Å². The third-order valence-corrected chi connectivity index (χ3v) is 7.13. The number of carbonyl (C=O) groups excluding carboxylic acids is 1. The lowest BCUT2D eigenvalue weighted by Gasteiger charge is -2.40. The van der Waals surface area contributed by atoms with Gasteiger partial charge in [-0.05, 0) is 86.4 Å². The smallest absolute Gasteiger partial charge is 0.308 e. The summed E-state index contributed by atoms with van der Waals surface area (Å²) in [6, 6.07) is 22.2. The number of hydrogen-bond acceptors (Lipinski definition) is 3. The third-order valence-electron chi connectivity index (χ3n) is 7.13. The Morgan fingerprint density at radius 3 is 2.44 bits per heavy atom. The van der Waals surface area contributed by atoms with Crippen molar-refractivity contribution in [1.29, 1.82) is 5.26 Å². The van der Waals surface area contributed by atoms with Gasteiger partial charge in [-0.15, -0.1) is 0 Å². The van der Waals surface area contributed by atoms with Gasteiger partial charge in [-0.1, -0.05) is 29.8 Å². The van der Waals surface area contributed by atoms with Crippen molar-refractivity contribution in [3.05, 3.63) is 94.8 Å². The van der Waals surface area contributed by atoms with Gasteiger partial charge in [0.05, 0.1) is 11.6 Å². The fourth-order valence-corrected chi connectivity index (χ4v) is 5.16. The van der Waals surface area contributed by atoms with Gasteiger partial charge in [0.2, 0.25) is 0 Å². The predicted molar refractivity (Wildman–Crippen MR) is 131 cm³/mol. The van der Waals surface area contributed by atoms with Crippen LogP contribution < -0.4 is 10.2 Å². The molecule has 0 aliphatic carbocycles. The SMILES string of the molecule is Cc1ccc(NC(=O)N2CC3(CCN(Cc4ccc(C#N)cc4)CC3)c3cc(F)ccc32)cc1. The number of aryl methyl sites for hydroxylation is 1. The van der Waals surface area contributed by atoms with Crippen LogP contribution in [0.25, 0.3) is 0 Å². The van der Waals surface area contributed by atoms with E-state index in [-0.39, 0.29) is 17.3 Å². The Balaban J connectivity index is 1.32. The maximum absolute atomic E-state index is 14.3. The van der Waals surface area contributed by atoms with Crippen LogP contribution in [-0.4, -0.2) is 30.6 Å². The minimum absolute atomic E-state index is 0.186. The second-order valence-electron chi connectivity index (χ2n) is 9.41. The van der Waals surface area contributed by atoms with Crippen LogP contribution in [0.15, 0.2) is 66.7 Å². The number of carbonyl (C=O) groups is 1. The number of nitrogens with zero attached hydrogens (tertiary/aromatic N) is 3. The number of halogens is 1. The van der Waals surface area contributed by atoms with Gasteiger partial charge in [-0.3, -0.25) is 9.80 Å². The van der Waals surface area contributed by atoms with E-state index in [4.69, 9.17) is 5.26 Å². The molecule has 0 radical (unpaired) electrons. The maximum atomic E-state index is 14.3. The molecule has 0 saturated carbocycles. The number of nitriles is 1. The number of hydrogen-bond donors (Lipinski definition) is 1. The van der Waals surface area contributed by atoms with E-state index < -0.39 is 0 Å². The molecule has 2 amide bonds. The lowest BCUT2D eigenvalue weighted by molar-refractivity contribution is 0.160. The van der Waals surface area contributed by atoms with Crippen molar-refractivity contribution in [2.75, 3.05) is 29.9 Å². The van der Waals surface area contributed by atoms with E-state index in [1.807, 2.05) is 55.5 Å². The van der Waals surface area contributed by atoms with Gasteiger partial charge in [-0.2, -0.15) is 5.26 Å². The topological polar surface area (TPSA) is 59.4 Å². The van der Waals surface area contributed by atoms with Crippen molar-refractivity contribution in [3.63, 3.8) is 0 Å². The molecule has 34 heavy (non-hydrogen) atoms. The van der Waals surface area contributed by atoms with E-state index in [0.717, 1.165) is 55.0 Å². The summed E-state index contributed by atoms with van der Waals surface area (Å²) in [5, 5.41) is 12.0. The highest BCUT2D eigenvalue weighted by Gasteiger charge is 2.46. The van der Waals surface area contributed by atoms with Gasteiger partial charge in [0, 0.05) is 29.9 Å². The van der Waals surface area contributed by atoms with Gasteiger partial charge in [0.25, 0.3) is 0 Å². The van der Waals surface area contributed by atoms with Crippen LogP contribution in [0.3, 0.4) is 0 Å². The zero-order valence-electron chi connectivity index (χ0n) is 19.2. The highest BCUT2D eigenvalue weighted by atomic mass is 19.1. The fourth-order valence-electron chi connectivity index (χ4n) is 5.16. The molecule has 5 nitrogen and oxygen atoms in total. The van der Waals surface area contributed by atoms with Gasteiger partial charge < -0.3 is 5.32 Å². The minimum atomic E-state index is -0.265. The van der Waals surface area contributed by atoms with Crippen LogP contribution in [0.1, 0.15) is 35.1 Å². The zero-order valence-corrected chi connectivity index (χ0v) is 19.2. The van der Waals surface area contributed by atoms with E-state index >= 15 is 0 Å². The van der Waals surface area contributed by atoms with Crippen LogP contribution in [-0.2, 0) is 12.0 Å². The molecule has 1 fully saturated rings. The summed E-state index contributed by atoms with van der Waals surface area (Å²) >= 11 is 0. The van der Waals surface area contributed by atoms with Crippen molar-refractivity contribution in [2.45, 2.75) is 31.7 Å². The number of fused-ring (bicyclic) bond motifs is 2. The van der Waals surface area contributed by atoms with Gasteiger partial charge in [-0.25, -0.2) is 9.18 Å². The Kier molecular flexibility index (Phi) is 5.80. The maximum Gasteiger partial charge on any atom is 0.326 e. The summed E-state index contributed by atoms with van der Waals surface area (Å²) in [5.41, 5.74) is 5.20. The highest BCUT2D eigenvalue weighted by Crippen LogP contribution is 2.47. The molecule has 0 atom stereocenters. The first-order valence-corrected chi connectivity index (χ1v) is 11.6. The molecular formula is C28H27FN4O. The molecule has 0 unspecified atom stereocenters. The number of piperidine rings is 1. The molecule has 1 spiro atoms. The van der Waals surface area contributed by atoms with Crippen LogP contribution in [0.2, 0.25) is 0 Å². The average Bonchev–Trinajstić information content (AvgIpc) is 3.16. The Morgan fingerprint density at radius 1 is 1.06 bits per heavy atom. The van der Waals surface area contributed by atoms with Crippen molar-refractivity contribution in [2.24, 2.45) is 0 Å². The monoisotopic (exact) mass is 454 g/mol. The summed E-state index contributed by atoms with van der Waals surface area (Å²) in [4.78, 5) is 17.4. The van der Waals surface area contributed by atoms with Crippen LogP contribution in [0.5, 0.6) is 0 Å². The molecule has 6 heteroatoms. The first kappa shape index (κ1) is 22.1. The largest absolute Gasteiger partial charge is 0.326 e. The second-order valence-corrected chi connectivity index (χ2v) is 9.41. The van der Waals surface area contributed by atoms with Gasteiger partial charge in [0.15, 0.2) is 0 Å². The number of rotatable bonds is 3. The first-order valence-electron chi connectivity index (χ1n) is 11.6. The number of benzene rings is 3. The Labute approximate surface area is 199 Å². The number of amides is 2. The Morgan fingerprint density at radius 2 is 1.76 bits per heavy atom. The first-order chi connectivity index (χ1) is 16.5. The Bertz CT molecular complexity index is 1240. The summed E-state index contributed by atoms with van der Waals surface area (Å²) < 4.78 is 14.3. The lowest BCUT2D eigenvalue weighted by atomic mass is 9.74. The molecule has 1 N–H and O–H groups in total. The summed E-state index contributed by atoms with van der Waals surface area (Å²) in [6.07, 6.45) is 1.71. The molecule has 5 rings (SSSR count). The van der Waals surface area contributed by atoms with Crippen molar-refractivity contribution in [3.8, 4) is 6.07 Å².